The Bertz CT molecular complexity index is 179. The fourth-order valence-corrected chi connectivity index (χ4v) is 1.08. The quantitative estimate of drug-likeness (QED) is 0.494. The normalized spacial score (nSPS) is 31.8. The second kappa shape index (κ2) is 2.74. The number of halogens is 3. The van der Waals surface area contributed by atoms with E-state index in [1.165, 1.54) is 0 Å². The van der Waals surface area contributed by atoms with Gasteiger partial charge in [0, 0.05) is 6.61 Å². The van der Waals surface area contributed by atoms with Crippen molar-refractivity contribution in [1.82, 2.24) is 0 Å². The first-order chi connectivity index (χ1) is 5.05. The average molecular weight is 164 g/mol. The average Bonchev–Trinajstić information content (AvgIpc) is 2.31. The van der Waals surface area contributed by atoms with Gasteiger partial charge >= 0.3 is 6.18 Å². The SMILES string of the molecule is C#C[C@@H]1CCO[C@H]1C(F)(F)F. The van der Waals surface area contributed by atoms with Gasteiger partial charge in [0.1, 0.15) is 0 Å². The monoisotopic (exact) mass is 164 g/mol. The molecule has 0 aromatic rings. The molecule has 0 aromatic carbocycles. The minimum absolute atomic E-state index is 0.110. The van der Waals surface area contributed by atoms with Crippen molar-refractivity contribution in [2.24, 2.45) is 5.92 Å². The third-order valence-corrected chi connectivity index (χ3v) is 1.63. The molecule has 0 spiro atoms. The van der Waals surface area contributed by atoms with Gasteiger partial charge in [0.05, 0.1) is 5.92 Å². The van der Waals surface area contributed by atoms with Gasteiger partial charge in [-0.1, -0.05) is 0 Å². The molecule has 0 amide bonds. The van der Waals surface area contributed by atoms with Gasteiger partial charge in [-0.3, -0.25) is 0 Å². The van der Waals surface area contributed by atoms with Crippen molar-refractivity contribution < 1.29 is 17.9 Å². The van der Waals surface area contributed by atoms with E-state index in [1.54, 1.807) is 0 Å². The van der Waals surface area contributed by atoms with Gasteiger partial charge in [-0.05, 0) is 6.42 Å². The molecule has 1 aliphatic rings. The molecule has 0 saturated carbocycles. The zero-order valence-corrected chi connectivity index (χ0v) is 5.69. The molecule has 2 atom stereocenters. The summed E-state index contributed by atoms with van der Waals surface area (Å²) in [5, 5.41) is 0. The molecular weight excluding hydrogens is 157 g/mol. The molecule has 0 bridgehead atoms. The van der Waals surface area contributed by atoms with Crippen molar-refractivity contribution in [2.45, 2.75) is 18.7 Å². The summed E-state index contributed by atoms with van der Waals surface area (Å²) in [4.78, 5) is 0. The lowest BCUT2D eigenvalue weighted by Gasteiger charge is -2.16. The third-order valence-electron chi connectivity index (χ3n) is 1.63. The van der Waals surface area contributed by atoms with Gasteiger partial charge in [-0.15, -0.1) is 12.3 Å². The minimum Gasteiger partial charge on any atom is -0.367 e. The number of hydrogen-bond donors (Lipinski definition) is 0. The Morgan fingerprint density at radius 1 is 1.45 bits per heavy atom. The van der Waals surface area contributed by atoms with E-state index < -0.39 is 18.2 Å². The van der Waals surface area contributed by atoms with E-state index in [0.29, 0.717) is 6.42 Å². The molecule has 1 nitrogen and oxygen atoms in total. The van der Waals surface area contributed by atoms with Crippen LogP contribution in [0.2, 0.25) is 0 Å². The first kappa shape index (κ1) is 8.41. The van der Waals surface area contributed by atoms with Crippen LogP contribution in [0.1, 0.15) is 6.42 Å². The largest absolute Gasteiger partial charge is 0.415 e. The second-order valence-electron chi connectivity index (χ2n) is 2.39. The predicted octanol–water partition coefficient (Wildman–Crippen LogP) is 1.59. The summed E-state index contributed by atoms with van der Waals surface area (Å²) in [6.45, 7) is 0.110. The number of hydrogen-bond acceptors (Lipinski definition) is 1. The zero-order chi connectivity index (χ0) is 8.48. The van der Waals surface area contributed by atoms with E-state index in [2.05, 4.69) is 10.7 Å². The van der Waals surface area contributed by atoms with Crippen molar-refractivity contribution in [3.05, 3.63) is 0 Å². The van der Waals surface area contributed by atoms with Crippen LogP contribution in [-0.2, 0) is 4.74 Å². The molecule has 0 N–H and O–H groups in total. The number of rotatable bonds is 0. The lowest BCUT2D eigenvalue weighted by molar-refractivity contribution is -0.212. The first-order valence-electron chi connectivity index (χ1n) is 3.20. The number of terminal acetylenes is 1. The molecular formula is C7H7F3O. The van der Waals surface area contributed by atoms with Gasteiger partial charge < -0.3 is 4.74 Å². The topological polar surface area (TPSA) is 9.23 Å². The van der Waals surface area contributed by atoms with E-state index in [0.717, 1.165) is 0 Å². The standard InChI is InChI=1S/C7H7F3O/c1-2-5-3-4-11-6(5)7(8,9)10/h1,5-6H,3-4H2/t5-,6-/m1/s1. The summed E-state index contributed by atoms with van der Waals surface area (Å²) in [5.41, 5.74) is 0. The van der Waals surface area contributed by atoms with Crippen LogP contribution < -0.4 is 0 Å². The van der Waals surface area contributed by atoms with E-state index >= 15 is 0 Å². The van der Waals surface area contributed by atoms with Crippen molar-refractivity contribution >= 4 is 0 Å². The maximum absolute atomic E-state index is 12.0. The molecule has 0 unspecified atom stereocenters. The second-order valence-corrected chi connectivity index (χ2v) is 2.39. The van der Waals surface area contributed by atoms with E-state index in [1.807, 2.05) is 0 Å². The molecule has 62 valence electrons. The fourth-order valence-electron chi connectivity index (χ4n) is 1.08. The molecule has 0 radical (unpaired) electrons. The van der Waals surface area contributed by atoms with Gasteiger partial charge in [-0.2, -0.15) is 13.2 Å². The lowest BCUT2D eigenvalue weighted by Crippen LogP contribution is -2.33. The van der Waals surface area contributed by atoms with Gasteiger partial charge in [-0.25, -0.2) is 0 Å². The van der Waals surface area contributed by atoms with E-state index in [4.69, 9.17) is 6.42 Å². The van der Waals surface area contributed by atoms with E-state index in [9.17, 15) is 13.2 Å². The molecule has 1 aliphatic heterocycles. The summed E-state index contributed by atoms with van der Waals surface area (Å²) < 4.78 is 40.4. The summed E-state index contributed by atoms with van der Waals surface area (Å²) in [5.74, 6) is 1.28. The van der Waals surface area contributed by atoms with Gasteiger partial charge in [0.2, 0.25) is 0 Å². The number of ether oxygens (including phenoxy) is 1. The fraction of sp³-hybridized carbons (Fsp3) is 0.714. The molecule has 1 saturated heterocycles. The summed E-state index contributed by atoms with van der Waals surface area (Å²) in [7, 11) is 0. The highest BCUT2D eigenvalue weighted by Crippen LogP contribution is 2.33. The smallest absolute Gasteiger partial charge is 0.367 e. The minimum atomic E-state index is -4.31. The van der Waals surface area contributed by atoms with Crippen molar-refractivity contribution in [2.75, 3.05) is 6.61 Å². The Kier molecular flexibility index (Phi) is 2.10. The van der Waals surface area contributed by atoms with Crippen LogP contribution in [0.5, 0.6) is 0 Å². The highest BCUT2D eigenvalue weighted by molar-refractivity contribution is 5.01. The lowest BCUT2D eigenvalue weighted by atomic mass is 10.0. The first-order valence-corrected chi connectivity index (χ1v) is 3.20. The van der Waals surface area contributed by atoms with Crippen LogP contribution in [0.4, 0.5) is 13.2 Å². The highest BCUT2D eigenvalue weighted by atomic mass is 19.4. The predicted molar refractivity (Wildman–Crippen MR) is 32.7 cm³/mol. The maximum Gasteiger partial charge on any atom is 0.415 e. The van der Waals surface area contributed by atoms with Crippen LogP contribution in [0.15, 0.2) is 0 Å². The Morgan fingerprint density at radius 2 is 2.09 bits per heavy atom. The maximum atomic E-state index is 12.0. The number of alkyl halides is 3. The van der Waals surface area contributed by atoms with Crippen LogP contribution >= 0.6 is 0 Å². The Hall–Kier alpha value is -0.690. The third kappa shape index (κ3) is 1.66. The molecule has 4 heteroatoms. The highest BCUT2D eigenvalue weighted by Gasteiger charge is 2.47. The van der Waals surface area contributed by atoms with Crippen LogP contribution in [0.25, 0.3) is 0 Å². The van der Waals surface area contributed by atoms with Crippen LogP contribution in [-0.4, -0.2) is 18.9 Å². The Morgan fingerprint density at radius 3 is 2.45 bits per heavy atom. The van der Waals surface area contributed by atoms with Crippen LogP contribution in [0.3, 0.4) is 0 Å². The van der Waals surface area contributed by atoms with Gasteiger partial charge in [0.25, 0.3) is 0 Å². The Balaban J connectivity index is 2.66. The van der Waals surface area contributed by atoms with Crippen molar-refractivity contribution in [3.8, 4) is 12.3 Å². The zero-order valence-electron chi connectivity index (χ0n) is 5.69. The van der Waals surface area contributed by atoms with Gasteiger partial charge in [0.15, 0.2) is 6.10 Å². The van der Waals surface area contributed by atoms with E-state index in [-0.39, 0.29) is 6.61 Å². The van der Waals surface area contributed by atoms with Crippen molar-refractivity contribution in [3.63, 3.8) is 0 Å². The van der Waals surface area contributed by atoms with Crippen LogP contribution in [0, 0.1) is 18.3 Å². The molecule has 11 heavy (non-hydrogen) atoms. The summed E-state index contributed by atoms with van der Waals surface area (Å²) in [6, 6.07) is 0. The molecule has 1 rings (SSSR count). The Labute approximate surface area is 62.5 Å². The molecule has 0 aromatic heterocycles. The molecule has 1 heterocycles. The summed E-state index contributed by atoms with van der Waals surface area (Å²) >= 11 is 0. The molecule has 1 fully saturated rings. The molecule has 0 aliphatic carbocycles. The summed E-state index contributed by atoms with van der Waals surface area (Å²) in [6.07, 6.45) is -0.858. The van der Waals surface area contributed by atoms with Crippen molar-refractivity contribution in [1.29, 1.82) is 0 Å².